The molecule has 1 N–H and O–H groups in total. The van der Waals surface area contributed by atoms with Gasteiger partial charge in [-0.3, -0.25) is 4.79 Å². The largest absolute Gasteiger partial charge is 0.348 e. The van der Waals surface area contributed by atoms with Crippen molar-refractivity contribution in [1.82, 2.24) is 9.62 Å². The van der Waals surface area contributed by atoms with Gasteiger partial charge in [0, 0.05) is 25.2 Å². The molecule has 32 heavy (non-hydrogen) atoms. The predicted octanol–water partition coefficient (Wildman–Crippen LogP) is 4.38. The standard InChI is InChI=1S/C26H28N2O3S/c29-26(25-15-6-5-13-23(25)18-21-10-3-1-4-11-21)27-20-22-12-9-14-24(19-22)32(30,31)28-16-7-2-8-17-28/h1,3-6,9-15,19H,2,7-8,16-18,20H2,(H,27,29). The van der Waals surface area contributed by atoms with Gasteiger partial charge >= 0.3 is 0 Å². The van der Waals surface area contributed by atoms with Gasteiger partial charge in [0.1, 0.15) is 0 Å². The number of nitrogens with one attached hydrogen (secondary N) is 1. The SMILES string of the molecule is O=C(NCc1cccc(S(=O)(=O)N2CCCCC2)c1)c1ccccc1Cc1ccccc1. The van der Waals surface area contributed by atoms with Crippen LogP contribution in [0.3, 0.4) is 0 Å². The van der Waals surface area contributed by atoms with Crippen LogP contribution in [0.5, 0.6) is 0 Å². The molecule has 6 heteroatoms. The van der Waals surface area contributed by atoms with Gasteiger partial charge in [-0.05, 0) is 54.2 Å². The van der Waals surface area contributed by atoms with Crippen LogP contribution in [0.4, 0.5) is 0 Å². The van der Waals surface area contributed by atoms with Gasteiger partial charge in [0.15, 0.2) is 0 Å². The summed E-state index contributed by atoms with van der Waals surface area (Å²) >= 11 is 0. The summed E-state index contributed by atoms with van der Waals surface area (Å²) in [5.41, 5.74) is 3.49. The molecule has 166 valence electrons. The Bertz CT molecular complexity index is 1170. The first-order valence-corrected chi connectivity index (χ1v) is 12.5. The third-order valence-corrected chi connectivity index (χ3v) is 7.70. The summed E-state index contributed by atoms with van der Waals surface area (Å²) in [5, 5.41) is 2.95. The quantitative estimate of drug-likeness (QED) is 0.583. The van der Waals surface area contributed by atoms with Crippen LogP contribution < -0.4 is 5.32 Å². The van der Waals surface area contributed by atoms with Crippen molar-refractivity contribution in [3.05, 3.63) is 101 Å². The lowest BCUT2D eigenvalue weighted by atomic mass is 9.99. The first-order chi connectivity index (χ1) is 15.5. The number of amides is 1. The summed E-state index contributed by atoms with van der Waals surface area (Å²) in [6.45, 7) is 1.41. The molecule has 0 spiro atoms. The van der Waals surface area contributed by atoms with Crippen LogP contribution in [0.15, 0.2) is 83.8 Å². The molecule has 3 aromatic carbocycles. The van der Waals surface area contributed by atoms with Crippen molar-refractivity contribution < 1.29 is 13.2 Å². The average Bonchev–Trinajstić information content (AvgIpc) is 2.84. The van der Waals surface area contributed by atoms with Gasteiger partial charge in [-0.15, -0.1) is 0 Å². The molecule has 1 fully saturated rings. The highest BCUT2D eigenvalue weighted by Gasteiger charge is 2.26. The van der Waals surface area contributed by atoms with Gasteiger partial charge < -0.3 is 5.32 Å². The zero-order valence-corrected chi connectivity index (χ0v) is 18.9. The van der Waals surface area contributed by atoms with E-state index >= 15 is 0 Å². The second kappa shape index (κ2) is 10.1. The number of hydrogen-bond acceptors (Lipinski definition) is 3. The van der Waals surface area contributed by atoms with Crippen LogP contribution in [0.1, 0.15) is 46.3 Å². The summed E-state index contributed by atoms with van der Waals surface area (Å²) in [4.78, 5) is 13.2. The molecule has 5 nitrogen and oxygen atoms in total. The van der Waals surface area contributed by atoms with Crippen LogP contribution in [-0.2, 0) is 23.0 Å². The lowest BCUT2D eigenvalue weighted by Crippen LogP contribution is -2.35. The fourth-order valence-corrected chi connectivity index (χ4v) is 5.65. The van der Waals surface area contributed by atoms with Crippen molar-refractivity contribution in [1.29, 1.82) is 0 Å². The second-order valence-corrected chi connectivity index (χ2v) is 10.1. The number of sulfonamides is 1. The van der Waals surface area contributed by atoms with Crippen molar-refractivity contribution in [3.8, 4) is 0 Å². The highest BCUT2D eigenvalue weighted by molar-refractivity contribution is 7.89. The number of piperidine rings is 1. The first kappa shape index (κ1) is 22.2. The van der Waals surface area contributed by atoms with E-state index in [0.717, 1.165) is 36.0 Å². The van der Waals surface area contributed by atoms with Crippen LogP contribution in [0, 0.1) is 0 Å². The fraction of sp³-hybridized carbons (Fsp3) is 0.269. The van der Waals surface area contributed by atoms with E-state index in [-0.39, 0.29) is 17.3 Å². The highest BCUT2D eigenvalue weighted by Crippen LogP contribution is 2.21. The Labute approximate surface area is 190 Å². The Balaban J connectivity index is 1.46. The van der Waals surface area contributed by atoms with Gasteiger partial charge in [-0.25, -0.2) is 8.42 Å². The maximum absolute atomic E-state index is 13.0. The highest BCUT2D eigenvalue weighted by atomic mass is 32.2. The van der Waals surface area contributed by atoms with Gasteiger partial charge in [-0.1, -0.05) is 67.1 Å². The Morgan fingerprint density at radius 2 is 1.50 bits per heavy atom. The number of hydrogen-bond donors (Lipinski definition) is 1. The molecule has 1 aliphatic heterocycles. The molecule has 0 atom stereocenters. The number of rotatable bonds is 7. The monoisotopic (exact) mass is 448 g/mol. The number of carbonyl (C=O) groups excluding carboxylic acids is 1. The zero-order chi connectivity index (χ0) is 22.4. The summed E-state index contributed by atoms with van der Waals surface area (Å²) in [5.74, 6) is -0.166. The van der Waals surface area contributed by atoms with Crippen LogP contribution in [0.2, 0.25) is 0 Å². The molecule has 1 saturated heterocycles. The Morgan fingerprint density at radius 3 is 2.28 bits per heavy atom. The molecule has 3 aromatic rings. The van der Waals surface area contributed by atoms with E-state index in [9.17, 15) is 13.2 Å². The molecule has 0 aromatic heterocycles. The predicted molar refractivity (Wildman–Crippen MR) is 126 cm³/mol. The molecule has 4 rings (SSSR count). The molecule has 0 unspecified atom stereocenters. The second-order valence-electron chi connectivity index (χ2n) is 8.11. The molecular weight excluding hydrogens is 420 g/mol. The summed E-state index contributed by atoms with van der Waals surface area (Å²) in [7, 11) is -3.50. The van der Waals surface area contributed by atoms with Crippen molar-refractivity contribution in [2.45, 2.75) is 37.1 Å². The van der Waals surface area contributed by atoms with Crippen LogP contribution in [-0.4, -0.2) is 31.7 Å². The lowest BCUT2D eigenvalue weighted by molar-refractivity contribution is 0.0950. The average molecular weight is 449 g/mol. The smallest absolute Gasteiger partial charge is 0.251 e. The Kier molecular flexibility index (Phi) is 7.02. The molecule has 0 aliphatic carbocycles. The van der Waals surface area contributed by atoms with E-state index in [1.165, 1.54) is 0 Å². The van der Waals surface area contributed by atoms with Gasteiger partial charge in [0.2, 0.25) is 10.0 Å². The molecule has 1 amide bonds. The van der Waals surface area contributed by atoms with Crippen LogP contribution >= 0.6 is 0 Å². The van der Waals surface area contributed by atoms with E-state index in [1.54, 1.807) is 22.5 Å². The van der Waals surface area contributed by atoms with Crippen molar-refractivity contribution in [3.63, 3.8) is 0 Å². The summed E-state index contributed by atoms with van der Waals surface area (Å²) < 4.78 is 27.5. The van der Waals surface area contributed by atoms with Crippen molar-refractivity contribution in [2.75, 3.05) is 13.1 Å². The number of nitrogens with zero attached hydrogens (tertiary/aromatic N) is 1. The van der Waals surface area contributed by atoms with Gasteiger partial charge in [0.05, 0.1) is 4.90 Å². The fourth-order valence-electron chi connectivity index (χ4n) is 4.06. The maximum Gasteiger partial charge on any atom is 0.251 e. The molecular formula is C26H28N2O3S. The summed E-state index contributed by atoms with van der Waals surface area (Å²) in [6.07, 6.45) is 3.55. The molecule has 0 radical (unpaired) electrons. The maximum atomic E-state index is 13.0. The number of benzene rings is 3. The molecule has 0 saturated carbocycles. The minimum absolute atomic E-state index is 0.166. The number of carbonyl (C=O) groups is 1. The molecule has 0 bridgehead atoms. The van der Waals surface area contributed by atoms with Gasteiger partial charge in [-0.2, -0.15) is 4.31 Å². The Morgan fingerprint density at radius 1 is 0.812 bits per heavy atom. The van der Waals surface area contributed by atoms with E-state index < -0.39 is 10.0 Å². The third-order valence-electron chi connectivity index (χ3n) is 5.80. The molecule has 1 heterocycles. The van der Waals surface area contributed by atoms with Crippen LogP contribution in [0.25, 0.3) is 0 Å². The lowest BCUT2D eigenvalue weighted by Gasteiger charge is -2.26. The van der Waals surface area contributed by atoms with Gasteiger partial charge in [0.25, 0.3) is 5.91 Å². The van der Waals surface area contributed by atoms with E-state index in [2.05, 4.69) is 5.32 Å². The Hall–Kier alpha value is -2.96. The third kappa shape index (κ3) is 5.26. The van der Waals surface area contributed by atoms with E-state index in [4.69, 9.17) is 0 Å². The van der Waals surface area contributed by atoms with E-state index in [1.807, 2.05) is 60.7 Å². The zero-order valence-electron chi connectivity index (χ0n) is 18.0. The molecule has 1 aliphatic rings. The van der Waals surface area contributed by atoms with Crippen molar-refractivity contribution >= 4 is 15.9 Å². The summed E-state index contributed by atoms with van der Waals surface area (Å²) in [6, 6.07) is 24.5. The minimum atomic E-state index is -3.50. The topological polar surface area (TPSA) is 66.5 Å². The normalized spacial score (nSPS) is 14.8. The van der Waals surface area contributed by atoms with Crippen molar-refractivity contribution in [2.24, 2.45) is 0 Å². The van der Waals surface area contributed by atoms with E-state index in [0.29, 0.717) is 25.1 Å². The first-order valence-electron chi connectivity index (χ1n) is 11.0. The minimum Gasteiger partial charge on any atom is -0.348 e.